The molecule has 0 aliphatic heterocycles. The fourth-order valence-electron chi connectivity index (χ4n) is 5.10. The molecule has 1 aliphatic rings. The van der Waals surface area contributed by atoms with Crippen LogP contribution in [0.4, 0.5) is 24.5 Å². The van der Waals surface area contributed by atoms with Crippen LogP contribution in [0.2, 0.25) is 0 Å². The molecule has 14 heteroatoms. The van der Waals surface area contributed by atoms with E-state index in [4.69, 9.17) is 18.9 Å². The van der Waals surface area contributed by atoms with Crippen molar-refractivity contribution in [3.63, 3.8) is 0 Å². The summed E-state index contributed by atoms with van der Waals surface area (Å²) in [4.78, 5) is 16.6. The summed E-state index contributed by atoms with van der Waals surface area (Å²) >= 11 is 0. The molecule has 0 spiro atoms. The monoisotopic (exact) mass is 679 g/mol. The maximum Gasteiger partial charge on any atom is 0.338 e. The van der Waals surface area contributed by atoms with Gasteiger partial charge >= 0.3 is 5.97 Å². The molecule has 0 bridgehead atoms. The highest BCUT2D eigenvalue weighted by Gasteiger charge is 2.31. The van der Waals surface area contributed by atoms with Crippen molar-refractivity contribution >= 4 is 38.3 Å². The fourth-order valence-corrected chi connectivity index (χ4v) is 6.51. The van der Waals surface area contributed by atoms with Gasteiger partial charge in [0.2, 0.25) is 10.0 Å². The number of anilines is 2. The maximum atomic E-state index is 16.3. The van der Waals surface area contributed by atoms with E-state index in [2.05, 4.69) is 15.0 Å². The molecule has 10 nitrogen and oxygen atoms in total. The highest BCUT2D eigenvalue weighted by atomic mass is 32.2. The van der Waals surface area contributed by atoms with E-state index in [1.165, 1.54) is 38.5 Å². The molecule has 6 rings (SSSR count). The number of hydrogen-bond acceptors (Lipinski definition) is 9. The summed E-state index contributed by atoms with van der Waals surface area (Å²) in [6, 6.07) is 14.0. The topological polar surface area (TPSA) is 125 Å². The van der Waals surface area contributed by atoms with Gasteiger partial charge in [-0.1, -0.05) is 0 Å². The summed E-state index contributed by atoms with van der Waals surface area (Å²) in [5.41, 5.74) is 0.873. The van der Waals surface area contributed by atoms with Crippen LogP contribution in [0.3, 0.4) is 0 Å². The summed E-state index contributed by atoms with van der Waals surface area (Å²) in [5.74, 6) is -2.72. The van der Waals surface area contributed by atoms with E-state index in [0.29, 0.717) is 41.5 Å². The number of halogens is 3. The summed E-state index contributed by atoms with van der Waals surface area (Å²) < 4.78 is 95.1. The van der Waals surface area contributed by atoms with Gasteiger partial charge in [0, 0.05) is 53.8 Å². The molecule has 2 N–H and O–H groups in total. The number of nitrogens with one attached hydrogen (secondary N) is 2. The standard InChI is InChI=1S/C34H28F3N3O7S/c1-44-24-6-7-27(30(16-24)45-2)18-10-28(37)32-29(11-18)38-17-31(48(42,43)40-22-4-5-22)33(32)39-23-8-19(34(41)46-3)9-25(15-23)47-26-13-20(35)12-21(36)14-26/h6-17,22,40H,4-5H2,1-3H3,(H,38,39). The van der Waals surface area contributed by atoms with Gasteiger partial charge in [-0.15, -0.1) is 0 Å². The van der Waals surface area contributed by atoms with Gasteiger partial charge in [0.15, 0.2) is 0 Å². The summed E-state index contributed by atoms with van der Waals surface area (Å²) in [5, 5.41) is 2.78. The van der Waals surface area contributed by atoms with Gasteiger partial charge in [-0.25, -0.2) is 31.1 Å². The van der Waals surface area contributed by atoms with Gasteiger partial charge in [0.25, 0.3) is 0 Å². The first-order chi connectivity index (χ1) is 23.0. The predicted octanol–water partition coefficient (Wildman–Crippen LogP) is 7.10. The first kappa shape index (κ1) is 32.6. The Labute approximate surface area is 273 Å². The highest BCUT2D eigenvalue weighted by Crippen LogP contribution is 2.40. The van der Waals surface area contributed by atoms with Gasteiger partial charge in [0.05, 0.1) is 43.5 Å². The van der Waals surface area contributed by atoms with Crippen LogP contribution in [0.25, 0.3) is 22.0 Å². The molecule has 4 aromatic carbocycles. The highest BCUT2D eigenvalue weighted by molar-refractivity contribution is 7.89. The minimum atomic E-state index is -4.22. The molecule has 0 radical (unpaired) electrons. The van der Waals surface area contributed by atoms with Crippen molar-refractivity contribution in [2.45, 2.75) is 23.8 Å². The SMILES string of the molecule is COC(=O)c1cc(Nc2c(S(=O)(=O)NC3CC3)cnc3cc(-c4ccc(OC)cc4OC)cc(F)c23)cc(Oc2cc(F)cc(F)c2)c1. The largest absolute Gasteiger partial charge is 0.497 e. The first-order valence-electron chi connectivity index (χ1n) is 14.5. The molecular formula is C34H28F3N3O7S. The Hall–Kier alpha value is -5.34. The second-order valence-corrected chi connectivity index (χ2v) is 12.6. The number of aromatic nitrogens is 1. The first-order valence-corrected chi connectivity index (χ1v) is 16.0. The second-order valence-electron chi connectivity index (χ2n) is 10.9. The molecular weight excluding hydrogens is 651 g/mol. The summed E-state index contributed by atoms with van der Waals surface area (Å²) in [6.07, 6.45) is 2.40. The number of hydrogen-bond donors (Lipinski definition) is 2. The molecule has 1 aliphatic carbocycles. The third-order valence-corrected chi connectivity index (χ3v) is 9.00. The number of benzene rings is 4. The van der Waals surface area contributed by atoms with Crippen LogP contribution >= 0.6 is 0 Å². The average Bonchev–Trinajstić information content (AvgIpc) is 3.86. The van der Waals surface area contributed by atoms with Crippen molar-refractivity contribution in [1.82, 2.24) is 9.71 Å². The zero-order valence-electron chi connectivity index (χ0n) is 25.8. The molecule has 0 amide bonds. The predicted molar refractivity (Wildman–Crippen MR) is 171 cm³/mol. The minimum absolute atomic E-state index is 0.0531. The molecule has 1 saturated carbocycles. The molecule has 5 aromatic rings. The molecule has 0 unspecified atom stereocenters. The Morgan fingerprint density at radius 3 is 2.25 bits per heavy atom. The van der Waals surface area contributed by atoms with Crippen LogP contribution in [0.1, 0.15) is 23.2 Å². The Bertz CT molecular complexity index is 2160. The van der Waals surface area contributed by atoms with Crippen LogP contribution in [-0.2, 0) is 14.8 Å². The minimum Gasteiger partial charge on any atom is -0.497 e. The molecule has 48 heavy (non-hydrogen) atoms. The van der Waals surface area contributed by atoms with Gasteiger partial charge in [-0.05, 0) is 54.8 Å². The van der Waals surface area contributed by atoms with E-state index in [9.17, 15) is 22.0 Å². The molecule has 0 atom stereocenters. The number of esters is 1. The van der Waals surface area contributed by atoms with Gasteiger partial charge < -0.3 is 24.3 Å². The van der Waals surface area contributed by atoms with Crippen molar-refractivity contribution in [1.29, 1.82) is 0 Å². The number of methoxy groups -OCH3 is 3. The lowest BCUT2D eigenvalue weighted by atomic mass is 10.0. The van der Waals surface area contributed by atoms with E-state index >= 15 is 4.39 Å². The molecule has 0 saturated heterocycles. The Kier molecular flexibility index (Phi) is 8.86. The Morgan fingerprint density at radius 2 is 1.58 bits per heavy atom. The van der Waals surface area contributed by atoms with Crippen LogP contribution < -0.4 is 24.2 Å². The van der Waals surface area contributed by atoms with Gasteiger partial charge in [-0.2, -0.15) is 0 Å². The van der Waals surface area contributed by atoms with Crippen molar-refractivity contribution in [3.05, 3.63) is 95.9 Å². The number of ether oxygens (including phenoxy) is 4. The van der Waals surface area contributed by atoms with Crippen molar-refractivity contribution in [2.24, 2.45) is 0 Å². The van der Waals surface area contributed by atoms with Crippen molar-refractivity contribution < 1.29 is 45.3 Å². The van der Waals surface area contributed by atoms with E-state index in [1.807, 2.05) is 0 Å². The maximum absolute atomic E-state index is 16.3. The average molecular weight is 680 g/mol. The lowest BCUT2D eigenvalue weighted by Crippen LogP contribution is -2.26. The lowest BCUT2D eigenvalue weighted by Gasteiger charge is -2.18. The lowest BCUT2D eigenvalue weighted by molar-refractivity contribution is 0.0600. The van der Waals surface area contributed by atoms with Crippen LogP contribution in [0, 0.1) is 17.5 Å². The molecule has 1 aromatic heterocycles. The Balaban J connectivity index is 1.51. The zero-order valence-corrected chi connectivity index (χ0v) is 26.6. The molecule has 1 fully saturated rings. The smallest absolute Gasteiger partial charge is 0.338 e. The number of fused-ring (bicyclic) bond motifs is 1. The van der Waals surface area contributed by atoms with Crippen LogP contribution in [0.5, 0.6) is 23.0 Å². The van der Waals surface area contributed by atoms with Gasteiger partial charge in [-0.3, -0.25) is 4.98 Å². The molecule has 248 valence electrons. The van der Waals surface area contributed by atoms with E-state index in [1.54, 1.807) is 24.3 Å². The third kappa shape index (κ3) is 6.85. The summed E-state index contributed by atoms with van der Waals surface area (Å²) in [7, 11) is -0.0977. The molecule has 1 heterocycles. The van der Waals surface area contributed by atoms with Crippen LogP contribution in [0.15, 0.2) is 77.8 Å². The number of carbonyl (C=O) groups is 1. The Morgan fingerprint density at radius 1 is 0.854 bits per heavy atom. The normalized spacial score (nSPS) is 12.9. The number of nitrogens with zero attached hydrogens (tertiary/aromatic N) is 1. The summed E-state index contributed by atoms with van der Waals surface area (Å²) in [6.45, 7) is 0. The van der Waals surface area contributed by atoms with Crippen LogP contribution in [-0.4, -0.2) is 46.7 Å². The fraction of sp³-hybridized carbons (Fsp3) is 0.176. The zero-order chi connectivity index (χ0) is 34.2. The number of rotatable bonds is 11. The third-order valence-electron chi connectivity index (χ3n) is 7.46. The van der Waals surface area contributed by atoms with Crippen molar-refractivity contribution in [3.8, 4) is 34.1 Å². The number of sulfonamides is 1. The van der Waals surface area contributed by atoms with Gasteiger partial charge in [0.1, 0.15) is 45.3 Å². The van der Waals surface area contributed by atoms with E-state index in [-0.39, 0.29) is 50.3 Å². The number of pyridine rings is 1. The quantitative estimate of drug-likeness (QED) is 0.141. The van der Waals surface area contributed by atoms with E-state index in [0.717, 1.165) is 25.4 Å². The second kappa shape index (κ2) is 13.0. The van der Waals surface area contributed by atoms with E-state index < -0.39 is 33.4 Å². The number of carbonyl (C=O) groups excluding carboxylic acids is 1. The van der Waals surface area contributed by atoms with Crippen molar-refractivity contribution in [2.75, 3.05) is 26.6 Å².